The van der Waals surface area contributed by atoms with Crippen LogP contribution in [0.1, 0.15) is 12.0 Å². The van der Waals surface area contributed by atoms with E-state index in [4.69, 9.17) is 18.9 Å². The molecule has 0 heterocycles. The van der Waals surface area contributed by atoms with Crippen molar-refractivity contribution in [2.45, 2.75) is 12.8 Å². The summed E-state index contributed by atoms with van der Waals surface area (Å²) in [5, 5.41) is 5.91. The summed E-state index contributed by atoms with van der Waals surface area (Å²) in [7, 11) is 6.17. The van der Waals surface area contributed by atoms with E-state index in [0.717, 1.165) is 11.3 Å². The molecule has 3 aromatic carbocycles. The Balaban J connectivity index is 1.62. The quantitative estimate of drug-likeness (QED) is 0.365. The van der Waals surface area contributed by atoms with Crippen LogP contribution in [-0.4, -0.2) is 40.3 Å². The Bertz CT molecular complexity index is 1360. The lowest BCUT2D eigenvalue weighted by Crippen LogP contribution is -2.38. The van der Waals surface area contributed by atoms with Gasteiger partial charge < -0.3 is 29.6 Å². The van der Waals surface area contributed by atoms with Crippen molar-refractivity contribution in [3.05, 3.63) is 96.1 Å². The van der Waals surface area contributed by atoms with Gasteiger partial charge in [-0.25, -0.2) is 0 Å². The second kappa shape index (κ2) is 12.2. The van der Waals surface area contributed by atoms with Crippen molar-refractivity contribution in [1.82, 2.24) is 0 Å². The van der Waals surface area contributed by atoms with Crippen molar-refractivity contribution in [1.29, 1.82) is 0 Å². The van der Waals surface area contributed by atoms with Crippen LogP contribution in [0.15, 0.2) is 90.5 Å². The van der Waals surface area contributed by atoms with Crippen LogP contribution in [0.25, 0.3) is 0 Å². The highest BCUT2D eigenvalue weighted by molar-refractivity contribution is 6.07. The SMILES string of the molecule is COc1ccc(CC2(C(=O)Nc3cc(OC)c(OC)c(OC)c3)C=CC(C(=O)Nc3ccccc3)=CC2)cc1. The van der Waals surface area contributed by atoms with Gasteiger partial charge in [0.25, 0.3) is 5.91 Å². The summed E-state index contributed by atoms with van der Waals surface area (Å²) >= 11 is 0. The lowest BCUT2D eigenvalue weighted by Gasteiger charge is -2.31. The number of methoxy groups -OCH3 is 4. The third-order valence-corrected chi connectivity index (χ3v) is 6.62. The van der Waals surface area contributed by atoms with E-state index in [0.29, 0.717) is 47.0 Å². The van der Waals surface area contributed by atoms with E-state index in [1.807, 2.05) is 60.7 Å². The highest BCUT2D eigenvalue weighted by atomic mass is 16.5. The molecule has 1 aliphatic carbocycles. The number of amides is 2. The number of hydrogen-bond acceptors (Lipinski definition) is 6. The average Bonchev–Trinajstić information content (AvgIpc) is 2.97. The van der Waals surface area contributed by atoms with Crippen molar-refractivity contribution in [2.24, 2.45) is 5.41 Å². The number of ether oxygens (including phenoxy) is 4. The van der Waals surface area contributed by atoms with Gasteiger partial charge in [0.05, 0.1) is 33.9 Å². The summed E-state index contributed by atoms with van der Waals surface area (Å²) in [6, 6.07) is 20.2. The van der Waals surface area contributed by atoms with Gasteiger partial charge in [-0.3, -0.25) is 9.59 Å². The molecule has 0 radical (unpaired) electrons. The lowest BCUT2D eigenvalue weighted by molar-refractivity contribution is -0.123. The molecule has 8 heteroatoms. The summed E-state index contributed by atoms with van der Waals surface area (Å²) in [5.74, 6) is 1.54. The standard InChI is InChI=1S/C31H32N2O6/c1-36-25-12-10-21(11-13-25)20-31(16-14-22(15-17-31)29(34)32-23-8-6-5-7-9-23)30(35)33-24-18-26(37-2)28(39-4)27(19-24)38-3/h5-16,18-19H,17,20H2,1-4H3,(H,32,34)(H,33,35). The maximum absolute atomic E-state index is 13.9. The molecule has 0 aliphatic heterocycles. The molecule has 8 nitrogen and oxygen atoms in total. The number of allylic oxidation sites excluding steroid dienone is 1. The second-order valence-corrected chi connectivity index (χ2v) is 9.07. The topological polar surface area (TPSA) is 95.1 Å². The normalized spacial score (nSPS) is 16.1. The molecular formula is C31H32N2O6. The number of anilines is 2. The second-order valence-electron chi connectivity index (χ2n) is 9.07. The molecule has 1 atom stereocenters. The molecule has 0 spiro atoms. The number of benzene rings is 3. The summed E-state index contributed by atoms with van der Waals surface area (Å²) in [6.45, 7) is 0. The molecule has 202 valence electrons. The zero-order chi connectivity index (χ0) is 27.8. The van der Waals surface area contributed by atoms with Crippen molar-refractivity contribution >= 4 is 23.2 Å². The van der Waals surface area contributed by atoms with Crippen LogP contribution in [0.5, 0.6) is 23.0 Å². The van der Waals surface area contributed by atoms with Gasteiger partial charge in [-0.15, -0.1) is 0 Å². The third-order valence-electron chi connectivity index (χ3n) is 6.62. The molecule has 2 amide bonds. The maximum atomic E-state index is 13.9. The van der Waals surface area contributed by atoms with Gasteiger partial charge in [0.2, 0.25) is 11.7 Å². The minimum Gasteiger partial charge on any atom is -0.497 e. The monoisotopic (exact) mass is 528 g/mol. The van der Waals surface area contributed by atoms with E-state index in [9.17, 15) is 9.59 Å². The van der Waals surface area contributed by atoms with E-state index in [1.54, 1.807) is 31.4 Å². The maximum Gasteiger partial charge on any atom is 0.255 e. The van der Waals surface area contributed by atoms with Crippen LogP contribution in [-0.2, 0) is 16.0 Å². The Hall–Kier alpha value is -4.72. The van der Waals surface area contributed by atoms with Gasteiger partial charge in [-0.1, -0.05) is 48.6 Å². The predicted molar refractivity (Wildman–Crippen MR) is 151 cm³/mol. The van der Waals surface area contributed by atoms with Crippen molar-refractivity contribution in [3.63, 3.8) is 0 Å². The molecule has 2 N–H and O–H groups in total. The molecular weight excluding hydrogens is 496 g/mol. The number of rotatable bonds is 10. The van der Waals surface area contributed by atoms with Crippen LogP contribution >= 0.6 is 0 Å². The van der Waals surface area contributed by atoms with Gasteiger partial charge in [0, 0.05) is 29.1 Å². The van der Waals surface area contributed by atoms with Crippen molar-refractivity contribution < 1.29 is 28.5 Å². The number of para-hydroxylation sites is 1. The van der Waals surface area contributed by atoms with E-state index >= 15 is 0 Å². The minimum atomic E-state index is -0.953. The summed E-state index contributed by atoms with van der Waals surface area (Å²) in [5.41, 5.74) is 1.68. The van der Waals surface area contributed by atoms with Gasteiger partial charge >= 0.3 is 0 Å². The van der Waals surface area contributed by atoms with Crippen LogP contribution < -0.4 is 29.6 Å². The molecule has 0 bridgehead atoms. The predicted octanol–water partition coefficient (Wildman–Crippen LogP) is 5.41. The van der Waals surface area contributed by atoms with E-state index in [-0.39, 0.29) is 11.8 Å². The number of carbonyl (C=O) groups is 2. The Morgan fingerprint density at radius 2 is 1.46 bits per heavy atom. The number of nitrogens with one attached hydrogen (secondary N) is 2. The van der Waals surface area contributed by atoms with Gasteiger partial charge in [0.15, 0.2) is 11.5 Å². The highest BCUT2D eigenvalue weighted by Gasteiger charge is 2.38. The zero-order valence-electron chi connectivity index (χ0n) is 22.4. The fourth-order valence-electron chi connectivity index (χ4n) is 4.47. The van der Waals surface area contributed by atoms with E-state index < -0.39 is 5.41 Å². The number of carbonyl (C=O) groups excluding carboxylic acids is 2. The van der Waals surface area contributed by atoms with Crippen molar-refractivity contribution in [3.8, 4) is 23.0 Å². The fraction of sp³-hybridized carbons (Fsp3) is 0.226. The minimum absolute atomic E-state index is 0.234. The van der Waals surface area contributed by atoms with Gasteiger partial charge in [-0.05, 0) is 42.7 Å². The molecule has 3 aromatic rings. The summed E-state index contributed by atoms with van der Waals surface area (Å²) in [4.78, 5) is 26.8. The molecule has 0 saturated heterocycles. The Morgan fingerprint density at radius 3 is 2.00 bits per heavy atom. The van der Waals surface area contributed by atoms with E-state index in [2.05, 4.69) is 10.6 Å². The van der Waals surface area contributed by atoms with Crippen LogP contribution in [0.4, 0.5) is 11.4 Å². The first kappa shape index (κ1) is 27.3. The Morgan fingerprint density at radius 1 is 0.795 bits per heavy atom. The molecule has 1 unspecified atom stereocenters. The Labute approximate surface area is 228 Å². The first-order chi connectivity index (χ1) is 18.9. The molecule has 1 aliphatic rings. The molecule has 0 saturated carbocycles. The Kier molecular flexibility index (Phi) is 8.56. The number of hydrogen-bond donors (Lipinski definition) is 2. The molecule has 0 aromatic heterocycles. The van der Waals surface area contributed by atoms with Crippen molar-refractivity contribution in [2.75, 3.05) is 39.1 Å². The van der Waals surface area contributed by atoms with E-state index in [1.165, 1.54) is 21.3 Å². The van der Waals surface area contributed by atoms with Gasteiger partial charge in [0.1, 0.15) is 5.75 Å². The van der Waals surface area contributed by atoms with Crippen LogP contribution in [0.2, 0.25) is 0 Å². The van der Waals surface area contributed by atoms with Gasteiger partial charge in [-0.2, -0.15) is 0 Å². The molecule has 0 fully saturated rings. The third kappa shape index (κ3) is 6.23. The summed E-state index contributed by atoms with van der Waals surface area (Å²) in [6.07, 6.45) is 6.05. The smallest absolute Gasteiger partial charge is 0.255 e. The van der Waals surface area contributed by atoms with Crippen LogP contribution in [0, 0.1) is 5.41 Å². The highest BCUT2D eigenvalue weighted by Crippen LogP contribution is 2.41. The van der Waals surface area contributed by atoms with Crippen LogP contribution in [0.3, 0.4) is 0 Å². The molecule has 4 rings (SSSR count). The average molecular weight is 529 g/mol. The zero-order valence-corrected chi connectivity index (χ0v) is 22.4. The first-order valence-corrected chi connectivity index (χ1v) is 12.4. The molecule has 39 heavy (non-hydrogen) atoms. The lowest BCUT2D eigenvalue weighted by atomic mass is 9.74. The first-order valence-electron chi connectivity index (χ1n) is 12.4. The largest absolute Gasteiger partial charge is 0.497 e. The summed E-state index contributed by atoms with van der Waals surface area (Å²) < 4.78 is 21.6. The fourth-order valence-corrected chi connectivity index (χ4v) is 4.47.